The van der Waals surface area contributed by atoms with Crippen molar-refractivity contribution < 1.29 is 8.78 Å². The van der Waals surface area contributed by atoms with E-state index in [4.69, 9.17) is 0 Å². The minimum atomic E-state index is -0.842. The molecule has 1 saturated heterocycles. The van der Waals surface area contributed by atoms with Crippen molar-refractivity contribution in [3.8, 4) is 11.3 Å². The predicted molar refractivity (Wildman–Crippen MR) is 68.7 cm³/mol. The van der Waals surface area contributed by atoms with Crippen molar-refractivity contribution in [2.45, 2.75) is 25.3 Å². The molecule has 3 rings (SSSR count). The van der Waals surface area contributed by atoms with Gasteiger partial charge in [-0.2, -0.15) is 0 Å². The highest BCUT2D eigenvalue weighted by Gasteiger charge is 2.16. The minimum absolute atomic E-state index is 0.462. The van der Waals surface area contributed by atoms with E-state index in [-0.39, 0.29) is 0 Å². The predicted octanol–water partition coefficient (Wildman–Crippen LogP) is 2.65. The van der Waals surface area contributed by atoms with Gasteiger partial charge in [0.2, 0.25) is 0 Å². The van der Waals surface area contributed by atoms with Crippen LogP contribution in [0.1, 0.15) is 18.7 Å². The molecule has 5 heteroatoms. The van der Waals surface area contributed by atoms with E-state index in [1.54, 1.807) is 12.3 Å². The van der Waals surface area contributed by atoms with Crippen LogP contribution >= 0.6 is 0 Å². The maximum Gasteiger partial charge on any atom is 0.159 e. The molecule has 1 fully saturated rings. The fourth-order valence-corrected chi connectivity index (χ4v) is 2.44. The van der Waals surface area contributed by atoms with Gasteiger partial charge in [-0.05, 0) is 37.6 Å². The van der Waals surface area contributed by atoms with Gasteiger partial charge in [0.15, 0.2) is 11.6 Å². The third-order valence-corrected chi connectivity index (χ3v) is 3.46. The summed E-state index contributed by atoms with van der Waals surface area (Å²) in [6, 6.07) is 4.32. The Kier molecular flexibility index (Phi) is 3.29. The molecule has 1 aromatic carbocycles. The number of nitrogens with zero attached hydrogens (tertiary/aromatic N) is 1. The Balaban J connectivity index is 1.78. The number of hydrogen-bond acceptors (Lipinski definition) is 2. The quantitative estimate of drug-likeness (QED) is 0.893. The number of aromatic nitrogens is 2. The molecule has 0 amide bonds. The maximum atomic E-state index is 13.2. The minimum Gasteiger partial charge on any atom is -0.342 e. The van der Waals surface area contributed by atoms with Crippen molar-refractivity contribution in [3.63, 3.8) is 0 Å². The van der Waals surface area contributed by atoms with Crippen molar-refractivity contribution in [1.29, 1.82) is 0 Å². The normalized spacial score (nSPS) is 18.9. The lowest BCUT2D eigenvalue weighted by atomic mass is 10.1. The lowest BCUT2D eigenvalue weighted by Gasteiger charge is -2.06. The summed E-state index contributed by atoms with van der Waals surface area (Å²) in [6.07, 6.45) is 4.85. The molecule has 1 unspecified atom stereocenters. The molecule has 2 N–H and O–H groups in total. The molecule has 100 valence electrons. The number of nitrogens with one attached hydrogen (secondary N) is 2. The number of H-pyrrole nitrogens is 1. The molecule has 2 aromatic rings. The van der Waals surface area contributed by atoms with Gasteiger partial charge in [0.1, 0.15) is 5.82 Å². The molecular weight excluding hydrogens is 248 g/mol. The SMILES string of the molecule is Fc1ccc(-c2cnc(CC3CCCN3)[nH]2)cc1F. The van der Waals surface area contributed by atoms with Crippen LogP contribution in [0.4, 0.5) is 8.78 Å². The van der Waals surface area contributed by atoms with Gasteiger partial charge < -0.3 is 10.3 Å². The van der Waals surface area contributed by atoms with Crippen LogP contribution in [0.5, 0.6) is 0 Å². The molecule has 2 heterocycles. The molecule has 1 aromatic heterocycles. The molecule has 0 radical (unpaired) electrons. The zero-order valence-electron chi connectivity index (χ0n) is 10.4. The number of rotatable bonds is 3. The summed E-state index contributed by atoms with van der Waals surface area (Å²) in [6.45, 7) is 1.06. The molecule has 1 atom stereocenters. The van der Waals surface area contributed by atoms with E-state index in [0.29, 0.717) is 17.3 Å². The summed E-state index contributed by atoms with van der Waals surface area (Å²) < 4.78 is 26.1. The summed E-state index contributed by atoms with van der Waals surface area (Å²) in [4.78, 5) is 7.46. The van der Waals surface area contributed by atoms with Crippen LogP contribution in [-0.4, -0.2) is 22.6 Å². The van der Waals surface area contributed by atoms with Gasteiger partial charge in [0, 0.05) is 18.0 Å². The van der Waals surface area contributed by atoms with Crippen molar-refractivity contribution in [3.05, 3.63) is 41.9 Å². The zero-order chi connectivity index (χ0) is 13.2. The number of hydrogen-bond donors (Lipinski definition) is 2. The van der Waals surface area contributed by atoms with Crippen molar-refractivity contribution >= 4 is 0 Å². The summed E-state index contributed by atoms with van der Waals surface area (Å²) in [7, 11) is 0. The third-order valence-electron chi connectivity index (χ3n) is 3.46. The number of halogens is 2. The fourth-order valence-electron chi connectivity index (χ4n) is 2.44. The van der Waals surface area contributed by atoms with E-state index in [1.807, 2.05) is 0 Å². The van der Waals surface area contributed by atoms with Crippen LogP contribution < -0.4 is 5.32 Å². The van der Waals surface area contributed by atoms with E-state index < -0.39 is 11.6 Å². The Morgan fingerprint density at radius 2 is 2.16 bits per heavy atom. The van der Waals surface area contributed by atoms with Crippen LogP contribution in [0, 0.1) is 11.6 Å². The highest BCUT2D eigenvalue weighted by Crippen LogP contribution is 2.20. The summed E-state index contributed by atoms with van der Waals surface area (Å²) >= 11 is 0. The first-order valence-electron chi connectivity index (χ1n) is 6.45. The first-order chi connectivity index (χ1) is 9.22. The summed E-state index contributed by atoms with van der Waals surface area (Å²) in [5.74, 6) is -0.802. The van der Waals surface area contributed by atoms with E-state index in [0.717, 1.165) is 31.3 Å². The molecule has 1 aliphatic heterocycles. The van der Waals surface area contributed by atoms with Gasteiger partial charge in [-0.3, -0.25) is 0 Å². The highest BCUT2D eigenvalue weighted by atomic mass is 19.2. The Bertz CT molecular complexity index is 574. The van der Waals surface area contributed by atoms with Crippen LogP contribution in [0.3, 0.4) is 0 Å². The van der Waals surface area contributed by atoms with E-state index in [1.165, 1.54) is 12.5 Å². The van der Waals surface area contributed by atoms with Crippen molar-refractivity contribution in [2.24, 2.45) is 0 Å². The van der Waals surface area contributed by atoms with Crippen molar-refractivity contribution in [2.75, 3.05) is 6.54 Å². The third kappa shape index (κ3) is 2.66. The maximum absolute atomic E-state index is 13.2. The van der Waals surface area contributed by atoms with Gasteiger partial charge in [-0.15, -0.1) is 0 Å². The van der Waals surface area contributed by atoms with Gasteiger partial charge in [-0.25, -0.2) is 13.8 Å². The van der Waals surface area contributed by atoms with Crippen molar-refractivity contribution in [1.82, 2.24) is 15.3 Å². The lowest BCUT2D eigenvalue weighted by Crippen LogP contribution is -2.24. The van der Waals surface area contributed by atoms with Crippen LogP contribution in [-0.2, 0) is 6.42 Å². The van der Waals surface area contributed by atoms with Crippen LogP contribution in [0.15, 0.2) is 24.4 Å². The average molecular weight is 263 g/mol. The number of aromatic amines is 1. The smallest absolute Gasteiger partial charge is 0.159 e. The van der Waals surface area contributed by atoms with E-state index in [2.05, 4.69) is 15.3 Å². The molecule has 0 spiro atoms. The van der Waals surface area contributed by atoms with E-state index in [9.17, 15) is 8.78 Å². The zero-order valence-corrected chi connectivity index (χ0v) is 10.4. The van der Waals surface area contributed by atoms with Crippen LogP contribution in [0.25, 0.3) is 11.3 Å². The number of benzene rings is 1. The molecule has 19 heavy (non-hydrogen) atoms. The molecule has 3 nitrogen and oxygen atoms in total. The van der Waals surface area contributed by atoms with Crippen LogP contribution in [0.2, 0.25) is 0 Å². The molecule has 1 aliphatic rings. The average Bonchev–Trinajstić information content (AvgIpc) is 3.05. The van der Waals surface area contributed by atoms with E-state index >= 15 is 0 Å². The molecule has 0 aliphatic carbocycles. The Labute approximate surface area is 110 Å². The monoisotopic (exact) mass is 263 g/mol. The van der Waals surface area contributed by atoms with Gasteiger partial charge >= 0.3 is 0 Å². The topological polar surface area (TPSA) is 40.7 Å². The van der Waals surface area contributed by atoms with Gasteiger partial charge in [-0.1, -0.05) is 0 Å². The fraction of sp³-hybridized carbons (Fsp3) is 0.357. The standard InChI is InChI=1S/C14H15F2N3/c15-11-4-3-9(6-12(11)16)13-8-18-14(19-13)7-10-2-1-5-17-10/h3-4,6,8,10,17H,1-2,5,7H2,(H,18,19). The first-order valence-corrected chi connectivity index (χ1v) is 6.45. The largest absolute Gasteiger partial charge is 0.342 e. The van der Waals surface area contributed by atoms with Gasteiger partial charge in [0.05, 0.1) is 11.9 Å². The number of imidazole rings is 1. The molecular formula is C14H15F2N3. The Morgan fingerprint density at radius 3 is 2.89 bits per heavy atom. The summed E-state index contributed by atoms with van der Waals surface area (Å²) in [5.41, 5.74) is 1.32. The summed E-state index contributed by atoms with van der Waals surface area (Å²) in [5, 5.41) is 3.40. The second-order valence-electron chi connectivity index (χ2n) is 4.87. The second kappa shape index (κ2) is 5.09. The highest BCUT2D eigenvalue weighted by molar-refractivity contribution is 5.58. The molecule has 0 saturated carbocycles. The first kappa shape index (κ1) is 12.3. The van der Waals surface area contributed by atoms with Gasteiger partial charge in [0.25, 0.3) is 0 Å². The second-order valence-corrected chi connectivity index (χ2v) is 4.87. The Hall–Kier alpha value is -1.75. The Morgan fingerprint density at radius 1 is 1.26 bits per heavy atom. The lowest BCUT2D eigenvalue weighted by molar-refractivity contribution is 0.509. The molecule has 0 bridgehead atoms.